The van der Waals surface area contributed by atoms with Crippen LogP contribution in [0.2, 0.25) is 0 Å². The second-order valence-electron chi connectivity index (χ2n) is 10.5. The van der Waals surface area contributed by atoms with E-state index in [1.54, 1.807) is 6.92 Å². The summed E-state index contributed by atoms with van der Waals surface area (Å²) in [4.78, 5) is 36.7. The van der Waals surface area contributed by atoms with Crippen LogP contribution in [0, 0.1) is 5.41 Å². The quantitative estimate of drug-likeness (QED) is 0.542. The Morgan fingerprint density at radius 2 is 1.49 bits per heavy atom. The number of carboxylic acid groups (broad SMARTS) is 1. The van der Waals surface area contributed by atoms with Crippen molar-refractivity contribution >= 4 is 18.0 Å². The van der Waals surface area contributed by atoms with Crippen molar-refractivity contribution in [2.45, 2.75) is 69.4 Å². The van der Waals surface area contributed by atoms with Gasteiger partial charge in [-0.2, -0.15) is 0 Å². The summed E-state index contributed by atoms with van der Waals surface area (Å²) in [5.41, 5.74) is 3.96. The van der Waals surface area contributed by atoms with E-state index in [-0.39, 0.29) is 30.4 Å². The van der Waals surface area contributed by atoms with Gasteiger partial charge in [-0.15, -0.1) is 0 Å². The first-order valence-corrected chi connectivity index (χ1v) is 12.5. The Bertz CT molecular complexity index is 1090. The summed E-state index contributed by atoms with van der Waals surface area (Å²) < 4.78 is 5.76. The average molecular weight is 477 g/mol. The maximum atomic E-state index is 12.9. The topological polar surface area (TPSA) is 105 Å². The molecule has 6 rings (SSSR count). The number of rotatable bonds is 7. The molecule has 7 nitrogen and oxygen atoms in total. The molecule has 1 atom stereocenters. The van der Waals surface area contributed by atoms with Gasteiger partial charge < -0.3 is 20.5 Å². The van der Waals surface area contributed by atoms with Crippen LogP contribution < -0.4 is 10.6 Å². The van der Waals surface area contributed by atoms with Gasteiger partial charge in [0, 0.05) is 22.9 Å². The van der Waals surface area contributed by atoms with Gasteiger partial charge in [-0.25, -0.2) is 4.79 Å². The largest absolute Gasteiger partial charge is 0.481 e. The molecule has 2 bridgehead atoms. The van der Waals surface area contributed by atoms with E-state index in [1.807, 2.05) is 24.3 Å². The highest BCUT2D eigenvalue weighted by Crippen LogP contribution is 2.52. The molecule has 0 aromatic heterocycles. The highest BCUT2D eigenvalue weighted by atomic mass is 16.5. The van der Waals surface area contributed by atoms with Crippen molar-refractivity contribution in [2.24, 2.45) is 5.41 Å². The molecule has 2 aromatic rings. The molecule has 0 aliphatic heterocycles. The average Bonchev–Trinajstić information content (AvgIpc) is 3.17. The zero-order chi connectivity index (χ0) is 24.6. The number of hydrogen-bond donors (Lipinski definition) is 3. The van der Waals surface area contributed by atoms with Crippen molar-refractivity contribution in [3.05, 3.63) is 59.7 Å². The van der Waals surface area contributed by atoms with Crippen LogP contribution in [0.1, 0.15) is 68.9 Å². The summed E-state index contributed by atoms with van der Waals surface area (Å²) in [6.45, 7) is 2.00. The lowest BCUT2D eigenvalue weighted by atomic mass is 9.57. The van der Waals surface area contributed by atoms with Gasteiger partial charge in [-0.05, 0) is 67.7 Å². The maximum absolute atomic E-state index is 12.9. The number of hydrogen-bond acceptors (Lipinski definition) is 4. The van der Waals surface area contributed by atoms with E-state index < -0.39 is 23.5 Å². The second kappa shape index (κ2) is 9.02. The molecule has 7 heteroatoms. The molecule has 0 saturated heterocycles. The van der Waals surface area contributed by atoms with Crippen molar-refractivity contribution in [2.75, 3.05) is 6.61 Å². The minimum atomic E-state index is -0.922. The molecule has 184 valence electrons. The first-order valence-electron chi connectivity index (χ1n) is 12.5. The molecule has 0 unspecified atom stereocenters. The lowest BCUT2D eigenvalue weighted by Crippen LogP contribution is -2.60. The summed E-state index contributed by atoms with van der Waals surface area (Å²) in [7, 11) is 0. The van der Waals surface area contributed by atoms with Gasteiger partial charge in [0.1, 0.15) is 6.61 Å². The Morgan fingerprint density at radius 3 is 2.03 bits per heavy atom. The third-order valence-electron chi connectivity index (χ3n) is 8.30. The minimum absolute atomic E-state index is 0.0208. The molecule has 35 heavy (non-hydrogen) atoms. The third-order valence-corrected chi connectivity index (χ3v) is 8.30. The third kappa shape index (κ3) is 4.40. The molecule has 0 heterocycles. The summed E-state index contributed by atoms with van der Waals surface area (Å²) in [6, 6.07) is 16.1. The van der Waals surface area contributed by atoms with E-state index in [9.17, 15) is 14.4 Å². The number of carbonyl (C=O) groups excluding carboxylic acids is 2. The number of carbonyl (C=O) groups is 3. The molecule has 2 aromatic carbocycles. The Balaban J connectivity index is 1.18. The van der Waals surface area contributed by atoms with Gasteiger partial charge in [0.05, 0.1) is 6.42 Å². The van der Waals surface area contributed by atoms with Gasteiger partial charge in [-0.3, -0.25) is 9.59 Å². The number of benzene rings is 2. The predicted octanol–water partition coefficient (Wildman–Crippen LogP) is 4.60. The maximum Gasteiger partial charge on any atom is 0.407 e. The standard InChI is InChI=1S/C28H32N2O5/c1-18(16-24(31)32)29-25(33)27-10-13-28(14-11-27,15-12-27)30-26(34)35-17-23-21-8-4-2-6-19(21)20-7-3-5-9-22(20)23/h2-9,18,23H,10-17H2,1H3,(H,29,33)(H,30,34)(H,31,32)/t18-,27?,28?/m1/s1. The molecule has 2 amide bonds. The zero-order valence-electron chi connectivity index (χ0n) is 20.0. The van der Waals surface area contributed by atoms with E-state index in [1.165, 1.54) is 22.3 Å². The fourth-order valence-electron chi connectivity index (χ4n) is 6.25. The van der Waals surface area contributed by atoms with Crippen molar-refractivity contribution in [3.63, 3.8) is 0 Å². The van der Waals surface area contributed by atoms with Crippen LogP contribution in [0.25, 0.3) is 11.1 Å². The number of aliphatic carboxylic acids is 1. The molecule has 4 aliphatic rings. The number of amides is 2. The van der Waals surface area contributed by atoms with Crippen molar-refractivity contribution in [3.8, 4) is 11.1 Å². The van der Waals surface area contributed by atoms with Gasteiger partial charge in [0.25, 0.3) is 0 Å². The smallest absolute Gasteiger partial charge is 0.407 e. The molecule has 3 saturated carbocycles. The summed E-state index contributed by atoms with van der Waals surface area (Å²) in [6.07, 6.45) is 3.72. The molecule has 4 aliphatic carbocycles. The van der Waals surface area contributed by atoms with Crippen molar-refractivity contribution < 1.29 is 24.2 Å². The van der Waals surface area contributed by atoms with E-state index in [0.29, 0.717) is 19.3 Å². The van der Waals surface area contributed by atoms with Crippen molar-refractivity contribution in [1.29, 1.82) is 0 Å². The van der Waals surface area contributed by atoms with Crippen molar-refractivity contribution in [1.82, 2.24) is 10.6 Å². The Kier molecular flexibility index (Phi) is 6.03. The molecule has 3 fully saturated rings. The van der Waals surface area contributed by atoms with E-state index in [2.05, 4.69) is 34.9 Å². The molecule has 0 spiro atoms. The fraction of sp³-hybridized carbons (Fsp3) is 0.464. The zero-order valence-corrected chi connectivity index (χ0v) is 20.0. The summed E-state index contributed by atoms with van der Waals surface area (Å²) >= 11 is 0. The number of nitrogens with one attached hydrogen (secondary N) is 2. The highest BCUT2D eigenvalue weighted by molar-refractivity contribution is 5.84. The Morgan fingerprint density at radius 1 is 0.943 bits per heavy atom. The summed E-state index contributed by atoms with van der Waals surface area (Å²) in [5.74, 6) is -0.956. The number of alkyl carbamates (subject to hydrolysis) is 1. The number of fused-ring (bicyclic) bond motifs is 6. The number of ether oxygens (including phenoxy) is 1. The van der Waals surface area contributed by atoms with Crippen LogP contribution in [0.15, 0.2) is 48.5 Å². The molecular formula is C28H32N2O5. The van der Waals surface area contributed by atoms with Gasteiger partial charge in [0.2, 0.25) is 5.91 Å². The van der Waals surface area contributed by atoms with Crippen LogP contribution >= 0.6 is 0 Å². The molecule has 3 N–H and O–H groups in total. The molecular weight excluding hydrogens is 444 g/mol. The van der Waals surface area contributed by atoms with Crippen LogP contribution in [0.3, 0.4) is 0 Å². The Labute approximate surface area is 205 Å². The van der Waals surface area contributed by atoms with Gasteiger partial charge in [0.15, 0.2) is 0 Å². The first-order chi connectivity index (χ1) is 16.8. The van der Waals surface area contributed by atoms with Crippen LogP contribution in [-0.4, -0.2) is 41.3 Å². The van der Waals surface area contributed by atoms with Gasteiger partial charge in [-0.1, -0.05) is 48.5 Å². The normalized spacial score (nSPS) is 25.3. The fourth-order valence-corrected chi connectivity index (χ4v) is 6.25. The Hall–Kier alpha value is -3.35. The summed E-state index contributed by atoms with van der Waals surface area (Å²) in [5, 5.41) is 15.0. The van der Waals surface area contributed by atoms with E-state index >= 15 is 0 Å². The highest BCUT2D eigenvalue weighted by Gasteiger charge is 2.53. The molecule has 0 radical (unpaired) electrons. The van der Waals surface area contributed by atoms with Gasteiger partial charge >= 0.3 is 12.1 Å². The lowest BCUT2D eigenvalue weighted by Gasteiger charge is -2.52. The first kappa shape index (κ1) is 23.4. The van der Waals surface area contributed by atoms with E-state index in [4.69, 9.17) is 9.84 Å². The monoisotopic (exact) mass is 476 g/mol. The number of carboxylic acids is 1. The minimum Gasteiger partial charge on any atom is -0.481 e. The van der Waals surface area contributed by atoms with Crippen LogP contribution in [0.5, 0.6) is 0 Å². The van der Waals surface area contributed by atoms with E-state index in [0.717, 1.165) is 19.3 Å². The SMILES string of the molecule is C[C@H](CC(=O)O)NC(=O)C12CCC(NC(=O)OCC3c4ccccc4-c4ccccc43)(CC1)CC2. The van der Waals surface area contributed by atoms with Crippen LogP contribution in [0.4, 0.5) is 4.79 Å². The predicted molar refractivity (Wildman–Crippen MR) is 131 cm³/mol. The second-order valence-corrected chi connectivity index (χ2v) is 10.5. The lowest BCUT2D eigenvalue weighted by molar-refractivity contribution is -0.140. The van der Waals surface area contributed by atoms with Crippen LogP contribution in [-0.2, 0) is 14.3 Å².